The van der Waals surface area contributed by atoms with Gasteiger partial charge in [0.25, 0.3) is 0 Å². The Kier molecular flexibility index (Phi) is 5.79. The average molecular weight is 256 g/mol. The van der Waals surface area contributed by atoms with E-state index in [1.54, 1.807) is 7.11 Å². The van der Waals surface area contributed by atoms with Crippen LogP contribution in [0.2, 0.25) is 0 Å². The molecule has 0 saturated carbocycles. The van der Waals surface area contributed by atoms with E-state index >= 15 is 0 Å². The lowest BCUT2D eigenvalue weighted by atomic mass is 9.95. The molecule has 2 nitrogen and oxygen atoms in total. The van der Waals surface area contributed by atoms with Gasteiger partial charge in [-0.25, -0.2) is 0 Å². The molecule has 17 heavy (non-hydrogen) atoms. The Balaban J connectivity index is 3.05. The van der Waals surface area contributed by atoms with Crippen LogP contribution in [-0.4, -0.2) is 20.0 Å². The minimum atomic E-state index is 0.316. The number of rotatable bonds is 6. The van der Waals surface area contributed by atoms with Gasteiger partial charge in [0.1, 0.15) is 5.75 Å². The van der Waals surface area contributed by atoms with Gasteiger partial charge < -0.3 is 10.1 Å². The first-order chi connectivity index (χ1) is 8.13. The summed E-state index contributed by atoms with van der Waals surface area (Å²) in [4.78, 5) is 0. The van der Waals surface area contributed by atoms with Gasteiger partial charge in [-0.2, -0.15) is 0 Å². The van der Waals surface area contributed by atoms with E-state index in [0.717, 1.165) is 12.2 Å². The van der Waals surface area contributed by atoms with Gasteiger partial charge in [0, 0.05) is 11.9 Å². The normalized spacial score (nSPS) is 12.8. The SMILES string of the molecule is CNC(CCCl)c1ccc(OC)c(C(C)C)c1. The van der Waals surface area contributed by atoms with Gasteiger partial charge in [-0.05, 0) is 36.6 Å². The molecule has 0 radical (unpaired) electrons. The number of alkyl halides is 1. The summed E-state index contributed by atoms with van der Waals surface area (Å²) in [5.74, 6) is 2.08. The maximum atomic E-state index is 5.82. The molecule has 0 heterocycles. The van der Waals surface area contributed by atoms with Crippen molar-refractivity contribution in [3.8, 4) is 5.75 Å². The highest BCUT2D eigenvalue weighted by Crippen LogP contribution is 2.30. The fourth-order valence-corrected chi connectivity index (χ4v) is 2.23. The molecule has 96 valence electrons. The molecule has 0 amide bonds. The van der Waals surface area contributed by atoms with E-state index in [1.807, 2.05) is 13.1 Å². The molecule has 1 atom stereocenters. The van der Waals surface area contributed by atoms with E-state index in [1.165, 1.54) is 11.1 Å². The topological polar surface area (TPSA) is 21.3 Å². The van der Waals surface area contributed by atoms with Crippen LogP contribution in [0.15, 0.2) is 18.2 Å². The Hall–Kier alpha value is -0.730. The van der Waals surface area contributed by atoms with Crippen LogP contribution in [0.5, 0.6) is 5.75 Å². The minimum Gasteiger partial charge on any atom is -0.496 e. The van der Waals surface area contributed by atoms with Gasteiger partial charge in [-0.1, -0.05) is 26.0 Å². The molecule has 1 aromatic carbocycles. The molecular formula is C14H22ClNO. The standard InChI is InChI=1S/C14H22ClNO/c1-10(2)12-9-11(5-6-14(12)17-4)13(16-3)7-8-15/h5-6,9-10,13,16H,7-8H2,1-4H3. The second-order valence-electron chi connectivity index (χ2n) is 4.48. The molecule has 0 fully saturated rings. The summed E-state index contributed by atoms with van der Waals surface area (Å²) in [6.07, 6.45) is 0.932. The monoisotopic (exact) mass is 255 g/mol. The number of benzene rings is 1. The van der Waals surface area contributed by atoms with E-state index in [0.29, 0.717) is 17.8 Å². The van der Waals surface area contributed by atoms with E-state index < -0.39 is 0 Å². The van der Waals surface area contributed by atoms with E-state index in [9.17, 15) is 0 Å². The fraction of sp³-hybridized carbons (Fsp3) is 0.571. The lowest BCUT2D eigenvalue weighted by Crippen LogP contribution is -2.17. The first kappa shape index (κ1) is 14.3. The summed E-state index contributed by atoms with van der Waals surface area (Å²) >= 11 is 5.82. The van der Waals surface area contributed by atoms with E-state index in [2.05, 4.69) is 31.3 Å². The number of hydrogen-bond acceptors (Lipinski definition) is 2. The van der Waals surface area contributed by atoms with Crippen LogP contribution in [-0.2, 0) is 0 Å². The zero-order chi connectivity index (χ0) is 12.8. The molecule has 1 aromatic rings. The molecule has 3 heteroatoms. The second kappa shape index (κ2) is 6.87. The maximum absolute atomic E-state index is 5.82. The third kappa shape index (κ3) is 3.62. The first-order valence-electron chi connectivity index (χ1n) is 6.05. The molecule has 0 aliphatic heterocycles. The van der Waals surface area contributed by atoms with Crippen molar-refractivity contribution in [2.24, 2.45) is 0 Å². The highest BCUT2D eigenvalue weighted by Gasteiger charge is 2.13. The van der Waals surface area contributed by atoms with Crippen molar-refractivity contribution >= 4 is 11.6 Å². The van der Waals surface area contributed by atoms with E-state index in [4.69, 9.17) is 16.3 Å². The largest absolute Gasteiger partial charge is 0.496 e. The molecule has 0 aromatic heterocycles. The zero-order valence-electron chi connectivity index (χ0n) is 11.1. The van der Waals surface area contributed by atoms with Crippen LogP contribution in [0.3, 0.4) is 0 Å². The number of ether oxygens (including phenoxy) is 1. The van der Waals surface area contributed by atoms with Crippen LogP contribution in [0.25, 0.3) is 0 Å². The van der Waals surface area contributed by atoms with Crippen molar-refractivity contribution in [1.29, 1.82) is 0 Å². The summed E-state index contributed by atoms with van der Waals surface area (Å²) in [6, 6.07) is 6.69. The van der Waals surface area contributed by atoms with Crippen LogP contribution in [0.4, 0.5) is 0 Å². The van der Waals surface area contributed by atoms with Crippen molar-refractivity contribution in [2.75, 3.05) is 20.0 Å². The van der Waals surface area contributed by atoms with E-state index in [-0.39, 0.29) is 0 Å². The maximum Gasteiger partial charge on any atom is 0.122 e. The summed E-state index contributed by atoms with van der Waals surface area (Å²) in [6.45, 7) is 4.36. The van der Waals surface area contributed by atoms with Crippen LogP contribution < -0.4 is 10.1 Å². The molecule has 0 aliphatic rings. The van der Waals surface area contributed by atoms with Crippen LogP contribution in [0, 0.1) is 0 Å². The molecule has 0 bridgehead atoms. The fourth-order valence-electron chi connectivity index (χ4n) is 2.01. The van der Waals surface area contributed by atoms with Gasteiger partial charge in [-0.15, -0.1) is 11.6 Å². The number of methoxy groups -OCH3 is 1. The van der Waals surface area contributed by atoms with Crippen molar-refractivity contribution < 1.29 is 4.74 Å². The lowest BCUT2D eigenvalue weighted by molar-refractivity contribution is 0.407. The summed E-state index contributed by atoms with van der Waals surface area (Å²) in [5, 5.41) is 3.30. The van der Waals surface area contributed by atoms with Crippen LogP contribution >= 0.6 is 11.6 Å². The number of halogens is 1. The Bertz CT molecular complexity index is 352. The Labute approximate surface area is 109 Å². The van der Waals surface area contributed by atoms with Gasteiger partial charge >= 0.3 is 0 Å². The van der Waals surface area contributed by atoms with Crippen molar-refractivity contribution in [1.82, 2.24) is 5.32 Å². The lowest BCUT2D eigenvalue weighted by Gasteiger charge is -2.19. The first-order valence-corrected chi connectivity index (χ1v) is 6.58. The van der Waals surface area contributed by atoms with Gasteiger partial charge in [-0.3, -0.25) is 0 Å². The molecule has 1 N–H and O–H groups in total. The minimum absolute atomic E-state index is 0.316. The Morgan fingerprint density at radius 2 is 2.06 bits per heavy atom. The summed E-state index contributed by atoms with van der Waals surface area (Å²) in [7, 11) is 3.69. The third-order valence-corrected chi connectivity index (χ3v) is 3.24. The quantitative estimate of drug-likeness (QED) is 0.783. The smallest absolute Gasteiger partial charge is 0.122 e. The second-order valence-corrected chi connectivity index (χ2v) is 4.85. The van der Waals surface area contributed by atoms with Crippen molar-refractivity contribution in [2.45, 2.75) is 32.2 Å². The zero-order valence-corrected chi connectivity index (χ0v) is 11.8. The highest BCUT2D eigenvalue weighted by atomic mass is 35.5. The number of hydrogen-bond donors (Lipinski definition) is 1. The Morgan fingerprint density at radius 3 is 2.53 bits per heavy atom. The predicted octanol–water partition coefficient (Wildman–Crippen LogP) is 3.71. The number of nitrogens with one attached hydrogen (secondary N) is 1. The van der Waals surface area contributed by atoms with Gasteiger partial charge in [0.05, 0.1) is 7.11 Å². The Morgan fingerprint density at radius 1 is 1.35 bits per heavy atom. The predicted molar refractivity (Wildman–Crippen MR) is 74.2 cm³/mol. The van der Waals surface area contributed by atoms with Crippen LogP contribution in [0.1, 0.15) is 43.4 Å². The summed E-state index contributed by atoms with van der Waals surface area (Å²) < 4.78 is 5.39. The molecule has 0 saturated heterocycles. The molecule has 0 spiro atoms. The average Bonchev–Trinajstić information content (AvgIpc) is 2.35. The molecule has 1 unspecified atom stereocenters. The molecular weight excluding hydrogens is 234 g/mol. The summed E-state index contributed by atoms with van der Waals surface area (Å²) in [5.41, 5.74) is 2.53. The van der Waals surface area contributed by atoms with Crippen molar-refractivity contribution in [3.05, 3.63) is 29.3 Å². The highest BCUT2D eigenvalue weighted by molar-refractivity contribution is 6.17. The third-order valence-electron chi connectivity index (χ3n) is 3.02. The van der Waals surface area contributed by atoms with Crippen molar-refractivity contribution in [3.63, 3.8) is 0 Å². The van der Waals surface area contributed by atoms with Gasteiger partial charge in [0.15, 0.2) is 0 Å². The molecule has 1 rings (SSSR count). The van der Waals surface area contributed by atoms with Gasteiger partial charge in [0.2, 0.25) is 0 Å². The molecule has 0 aliphatic carbocycles.